The van der Waals surface area contributed by atoms with E-state index in [-0.39, 0.29) is 24.7 Å². The molecule has 1 unspecified atom stereocenters. The van der Waals surface area contributed by atoms with E-state index >= 15 is 0 Å². The monoisotopic (exact) mass is 244 g/mol. The standard InChI is InChI=1S/C11H20N2O4/c1-8(12-2)11(16)13-5-3-9(4-6-13)17-7-10(14)15/h8-9,12H,3-7H2,1-2H3,(H,14,15). The molecule has 1 amide bonds. The van der Waals surface area contributed by atoms with Gasteiger partial charge in [0.05, 0.1) is 12.1 Å². The van der Waals surface area contributed by atoms with Crippen LogP contribution in [-0.2, 0) is 14.3 Å². The minimum Gasteiger partial charge on any atom is -0.480 e. The highest BCUT2D eigenvalue weighted by Gasteiger charge is 2.25. The van der Waals surface area contributed by atoms with Crippen LogP contribution in [0.4, 0.5) is 0 Å². The molecule has 1 rings (SSSR count). The van der Waals surface area contributed by atoms with E-state index in [1.807, 2.05) is 6.92 Å². The molecule has 98 valence electrons. The van der Waals surface area contributed by atoms with Crippen molar-refractivity contribution in [1.82, 2.24) is 10.2 Å². The summed E-state index contributed by atoms with van der Waals surface area (Å²) in [6.07, 6.45) is 1.37. The molecule has 6 heteroatoms. The van der Waals surface area contributed by atoms with E-state index in [1.54, 1.807) is 11.9 Å². The molecule has 0 bridgehead atoms. The van der Waals surface area contributed by atoms with Crippen molar-refractivity contribution < 1.29 is 19.4 Å². The summed E-state index contributed by atoms with van der Waals surface area (Å²) in [6.45, 7) is 2.84. The van der Waals surface area contributed by atoms with Crippen molar-refractivity contribution >= 4 is 11.9 Å². The highest BCUT2D eigenvalue weighted by molar-refractivity contribution is 5.81. The van der Waals surface area contributed by atoms with Crippen LogP contribution in [0.1, 0.15) is 19.8 Å². The topological polar surface area (TPSA) is 78.9 Å². The van der Waals surface area contributed by atoms with Crippen LogP contribution in [0.2, 0.25) is 0 Å². The van der Waals surface area contributed by atoms with E-state index in [2.05, 4.69) is 5.32 Å². The van der Waals surface area contributed by atoms with Gasteiger partial charge in [0.25, 0.3) is 0 Å². The summed E-state index contributed by atoms with van der Waals surface area (Å²) in [5.74, 6) is -0.864. The quantitative estimate of drug-likeness (QED) is 0.693. The van der Waals surface area contributed by atoms with Gasteiger partial charge in [-0.3, -0.25) is 4.79 Å². The van der Waals surface area contributed by atoms with Gasteiger partial charge in [-0.05, 0) is 26.8 Å². The third-order valence-electron chi connectivity index (χ3n) is 3.00. The molecule has 1 saturated heterocycles. The van der Waals surface area contributed by atoms with Gasteiger partial charge in [-0.25, -0.2) is 4.79 Å². The summed E-state index contributed by atoms with van der Waals surface area (Å²) in [5, 5.41) is 11.4. The van der Waals surface area contributed by atoms with Crippen LogP contribution in [0.5, 0.6) is 0 Å². The average Bonchev–Trinajstić information content (AvgIpc) is 2.35. The highest BCUT2D eigenvalue weighted by atomic mass is 16.5. The van der Waals surface area contributed by atoms with Crippen LogP contribution in [-0.4, -0.2) is 60.8 Å². The van der Waals surface area contributed by atoms with Crippen molar-refractivity contribution in [2.24, 2.45) is 0 Å². The number of carbonyl (C=O) groups is 2. The molecule has 0 aromatic carbocycles. The van der Waals surface area contributed by atoms with E-state index in [4.69, 9.17) is 9.84 Å². The molecule has 0 aromatic rings. The number of likely N-dealkylation sites (tertiary alicyclic amines) is 1. The predicted octanol–water partition coefficient (Wildman–Crippen LogP) is -0.313. The first-order valence-corrected chi connectivity index (χ1v) is 5.84. The zero-order chi connectivity index (χ0) is 12.8. The fraction of sp³-hybridized carbons (Fsp3) is 0.818. The van der Waals surface area contributed by atoms with Crippen molar-refractivity contribution in [2.75, 3.05) is 26.7 Å². The molecule has 1 aliphatic rings. The van der Waals surface area contributed by atoms with Crippen LogP contribution in [0, 0.1) is 0 Å². The molecular formula is C11H20N2O4. The minimum atomic E-state index is -0.952. The Morgan fingerprint density at radius 2 is 2.06 bits per heavy atom. The Morgan fingerprint density at radius 1 is 1.47 bits per heavy atom. The van der Waals surface area contributed by atoms with Crippen LogP contribution in [0.25, 0.3) is 0 Å². The van der Waals surface area contributed by atoms with Crippen LogP contribution in [0.3, 0.4) is 0 Å². The summed E-state index contributed by atoms with van der Waals surface area (Å²) in [7, 11) is 1.76. The highest BCUT2D eigenvalue weighted by Crippen LogP contribution is 2.14. The van der Waals surface area contributed by atoms with Gasteiger partial charge >= 0.3 is 5.97 Å². The molecule has 0 aliphatic carbocycles. The molecule has 1 fully saturated rings. The lowest BCUT2D eigenvalue weighted by Gasteiger charge is -2.33. The predicted molar refractivity (Wildman–Crippen MR) is 61.7 cm³/mol. The van der Waals surface area contributed by atoms with E-state index in [9.17, 15) is 9.59 Å². The number of nitrogens with one attached hydrogen (secondary N) is 1. The summed E-state index contributed by atoms with van der Waals surface area (Å²) in [4.78, 5) is 24.0. The number of aliphatic carboxylic acids is 1. The third kappa shape index (κ3) is 4.32. The lowest BCUT2D eigenvalue weighted by molar-refractivity contribution is -0.147. The lowest BCUT2D eigenvalue weighted by Crippen LogP contribution is -2.48. The molecule has 0 saturated carbocycles. The Labute approximate surface area is 101 Å². The smallest absolute Gasteiger partial charge is 0.329 e. The number of piperidine rings is 1. The number of carboxylic acids is 1. The molecule has 1 aliphatic heterocycles. The summed E-state index contributed by atoms with van der Waals surface area (Å²) in [5.41, 5.74) is 0. The average molecular weight is 244 g/mol. The second-order valence-electron chi connectivity index (χ2n) is 4.24. The largest absolute Gasteiger partial charge is 0.480 e. The molecule has 0 aromatic heterocycles. The minimum absolute atomic E-state index is 0.0416. The number of rotatable bonds is 5. The third-order valence-corrected chi connectivity index (χ3v) is 3.00. The second-order valence-corrected chi connectivity index (χ2v) is 4.24. The number of nitrogens with zero attached hydrogens (tertiary/aromatic N) is 1. The maximum absolute atomic E-state index is 11.8. The van der Waals surface area contributed by atoms with E-state index in [0.29, 0.717) is 25.9 Å². The Morgan fingerprint density at radius 3 is 2.53 bits per heavy atom. The van der Waals surface area contributed by atoms with E-state index in [1.165, 1.54) is 0 Å². The number of hydrogen-bond donors (Lipinski definition) is 2. The molecule has 1 atom stereocenters. The van der Waals surface area contributed by atoms with Crippen molar-refractivity contribution in [1.29, 1.82) is 0 Å². The Kier molecular flexibility index (Phi) is 5.37. The number of amides is 1. The summed E-state index contributed by atoms with van der Waals surface area (Å²) >= 11 is 0. The van der Waals surface area contributed by atoms with Crippen LogP contribution in [0.15, 0.2) is 0 Å². The van der Waals surface area contributed by atoms with Gasteiger partial charge < -0.3 is 20.1 Å². The molecule has 17 heavy (non-hydrogen) atoms. The van der Waals surface area contributed by atoms with Crippen molar-refractivity contribution in [3.05, 3.63) is 0 Å². The molecule has 6 nitrogen and oxygen atoms in total. The SMILES string of the molecule is CNC(C)C(=O)N1CCC(OCC(=O)O)CC1. The molecule has 0 spiro atoms. The number of carbonyl (C=O) groups excluding carboxylic acids is 1. The Hall–Kier alpha value is -1.14. The number of likely N-dealkylation sites (N-methyl/N-ethyl adjacent to an activating group) is 1. The van der Waals surface area contributed by atoms with Crippen molar-refractivity contribution in [2.45, 2.75) is 31.9 Å². The van der Waals surface area contributed by atoms with Crippen molar-refractivity contribution in [3.8, 4) is 0 Å². The van der Waals surface area contributed by atoms with Gasteiger partial charge in [0, 0.05) is 13.1 Å². The zero-order valence-electron chi connectivity index (χ0n) is 10.3. The Bertz CT molecular complexity index is 275. The number of carboxylic acid groups (broad SMARTS) is 1. The van der Waals surface area contributed by atoms with Gasteiger partial charge in [-0.1, -0.05) is 0 Å². The first-order chi connectivity index (χ1) is 8.04. The zero-order valence-corrected chi connectivity index (χ0v) is 10.3. The Balaban J connectivity index is 2.30. The lowest BCUT2D eigenvalue weighted by atomic mass is 10.1. The van der Waals surface area contributed by atoms with Gasteiger partial charge in [-0.15, -0.1) is 0 Å². The first kappa shape index (κ1) is 13.9. The molecule has 0 radical (unpaired) electrons. The van der Waals surface area contributed by atoms with Gasteiger partial charge in [-0.2, -0.15) is 0 Å². The van der Waals surface area contributed by atoms with E-state index < -0.39 is 5.97 Å². The summed E-state index contributed by atoms with van der Waals surface area (Å²) < 4.78 is 5.21. The fourth-order valence-electron chi connectivity index (χ4n) is 1.83. The molecular weight excluding hydrogens is 224 g/mol. The maximum Gasteiger partial charge on any atom is 0.329 e. The molecule has 1 heterocycles. The fourth-order valence-corrected chi connectivity index (χ4v) is 1.83. The van der Waals surface area contributed by atoms with Crippen molar-refractivity contribution in [3.63, 3.8) is 0 Å². The number of ether oxygens (including phenoxy) is 1. The number of hydrogen-bond acceptors (Lipinski definition) is 4. The summed E-state index contributed by atoms with van der Waals surface area (Å²) in [6, 6.07) is -0.175. The second kappa shape index (κ2) is 6.56. The molecule has 2 N–H and O–H groups in total. The maximum atomic E-state index is 11.8. The first-order valence-electron chi connectivity index (χ1n) is 5.84. The van der Waals surface area contributed by atoms with Crippen LogP contribution >= 0.6 is 0 Å². The van der Waals surface area contributed by atoms with E-state index in [0.717, 1.165) is 0 Å². The van der Waals surface area contributed by atoms with Gasteiger partial charge in [0.2, 0.25) is 5.91 Å². The van der Waals surface area contributed by atoms with Crippen LogP contribution < -0.4 is 5.32 Å². The van der Waals surface area contributed by atoms with Gasteiger partial charge in [0.15, 0.2) is 0 Å². The van der Waals surface area contributed by atoms with Gasteiger partial charge in [0.1, 0.15) is 6.61 Å². The normalized spacial score (nSPS) is 19.1.